The van der Waals surface area contributed by atoms with Crippen LogP contribution in [0.15, 0.2) is 65.1 Å². The number of fused-ring (bicyclic) bond motifs is 1. The van der Waals surface area contributed by atoms with Gasteiger partial charge in [0, 0.05) is 5.39 Å². The number of furan rings is 1. The summed E-state index contributed by atoms with van der Waals surface area (Å²) in [6.07, 6.45) is 0.680. The molecule has 0 spiro atoms. The van der Waals surface area contributed by atoms with Gasteiger partial charge in [0.05, 0.1) is 23.7 Å². The Morgan fingerprint density at radius 1 is 1.08 bits per heavy atom. The first-order valence-electron chi connectivity index (χ1n) is 7.78. The summed E-state index contributed by atoms with van der Waals surface area (Å²) in [4.78, 5) is 10.9. The summed E-state index contributed by atoms with van der Waals surface area (Å²) in [5.41, 5.74) is 3.36. The summed E-state index contributed by atoms with van der Waals surface area (Å²) >= 11 is 0. The van der Waals surface area contributed by atoms with Crippen LogP contribution in [0.1, 0.15) is 21.7 Å². The van der Waals surface area contributed by atoms with Crippen molar-refractivity contribution < 1.29 is 9.21 Å². The number of hydrogen-bond donors (Lipinski definition) is 0. The number of para-hydroxylation sites is 1. The molecule has 4 aromatic rings. The van der Waals surface area contributed by atoms with Crippen molar-refractivity contribution in [1.29, 1.82) is 5.26 Å². The van der Waals surface area contributed by atoms with E-state index >= 15 is 0 Å². The van der Waals surface area contributed by atoms with Crippen molar-refractivity contribution >= 4 is 17.2 Å². The summed E-state index contributed by atoms with van der Waals surface area (Å²) < 4.78 is 7.44. The lowest BCUT2D eigenvalue weighted by Crippen LogP contribution is -2.01. The van der Waals surface area contributed by atoms with Crippen molar-refractivity contribution in [3.8, 4) is 17.5 Å². The van der Waals surface area contributed by atoms with Crippen molar-refractivity contribution in [1.82, 2.24) is 9.78 Å². The number of aromatic nitrogens is 2. The molecule has 0 bridgehead atoms. The minimum Gasteiger partial charge on any atom is -0.452 e. The van der Waals surface area contributed by atoms with Crippen LogP contribution in [0.3, 0.4) is 0 Å². The molecule has 0 radical (unpaired) electrons. The zero-order valence-electron chi connectivity index (χ0n) is 13.2. The van der Waals surface area contributed by atoms with E-state index in [1.54, 1.807) is 24.3 Å². The Balaban J connectivity index is 1.78. The maximum atomic E-state index is 10.9. The molecule has 2 heterocycles. The van der Waals surface area contributed by atoms with Gasteiger partial charge < -0.3 is 4.42 Å². The fraction of sp³-hybridized carbons (Fsp3) is 0.0500. The highest BCUT2D eigenvalue weighted by Gasteiger charge is 2.15. The van der Waals surface area contributed by atoms with Crippen molar-refractivity contribution in [2.75, 3.05) is 0 Å². The molecule has 25 heavy (non-hydrogen) atoms. The van der Waals surface area contributed by atoms with E-state index in [4.69, 9.17) is 9.68 Å². The van der Waals surface area contributed by atoms with Crippen molar-refractivity contribution in [3.05, 3.63) is 77.6 Å². The molecule has 4 rings (SSSR count). The van der Waals surface area contributed by atoms with Gasteiger partial charge in [0.15, 0.2) is 17.8 Å². The number of nitrogens with zero attached hydrogens (tertiary/aromatic N) is 3. The number of carbonyl (C=O) groups excluding carboxylic acids is 1. The van der Waals surface area contributed by atoms with Crippen LogP contribution in [0.4, 0.5) is 0 Å². The van der Waals surface area contributed by atoms with Crippen LogP contribution in [0, 0.1) is 11.3 Å². The SMILES string of the molecule is N#Cc1ccc(Cn2nc(-c3ccc(C=O)o3)c3ccccc32)cc1. The average Bonchev–Trinajstić information content (AvgIpc) is 3.27. The molecule has 5 heteroatoms. The number of hydrogen-bond acceptors (Lipinski definition) is 4. The van der Waals surface area contributed by atoms with Crippen LogP contribution < -0.4 is 0 Å². The molecule has 5 nitrogen and oxygen atoms in total. The first-order chi connectivity index (χ1) is 12.3. The molecule has 2 aromatic carbocycles. The second-order valence-electron chi connectivity index (χ2n) is 5.65. The lowest BCUT2D eigenvalue weighted by molar-refractivity contribution is 0.110. The van der Waals surface area contributed by atoms with E-state index < -0.39 is 0 Å². The Labute approximate surface area is 143 Å². The van der Waals surface area contributed by atoms with Crippen LogP contribution in [-0.4, -0.2) is 16.1 Å². The number of rotatable bonds is 4. The molecule has 0 saturated carbocycles. The van der Waals surface area contributed by atoms with E-state index in [0.717, 1.165) is 16.5 Å². The van der Waals surface area contributed by atoms with E-state index in [1.807, 2.05) is 41.1 Å². The molecule has 0 amide bonds. The lowest BCUT2D eigenvalue weighted by Gasteiger charge is -2.03. The fourth-order valence-corrected chi connectivity index (χ4v) is 2.83. The molecular formula is C20H13N3O2. The van der Waals surface area contributed by atoms with Gasteiger partial charge in [0.25, 0.3) is 0 Å². The predicted molar refractivity (Wildman–Crippen MR) is 93.1 cm³/mol. The second-order valence-corrected chi connectivity index (χ2v) is 5.65. The summed E-state index contributed by atoms with van der Waals surface area (Å²) in [5.74, 6) is 0.845. The normalized spacial score (nSPS) is 10.7. The quantitative estimate of drug-likeness (QED) is 0.531. The minimum atomic E-state index is 0.278. The van der Waals surface area contributed by atoms with E-state index in [0.29, 0.717) is 29.8 Å². The van der Waals surface area contributed by atoms with Gasteiger partial charge >= 0.3 is 0 Å². The molecule has 2 aromatic heterocycles. The van der Waals surface area contributed by atoms with Gasteiger partial charge in [0.1, 0.15) is 5.69 Å². The molecule has 0 unspecified atom stereocenters. The average molecular weight is 327 g/mol. The molecular weight excluding hydrogens is 314 g/mol. The molecule has 0 atom stereocenters. The molecule has 0 fully saturated rings. The third-order valence-corrected chi connectivity index (χ3v) is 4.05. The van der Waals surface area contributed by atoms with E-state index in [1.165, 1.54) is 0 Å². The van der Waals surface area contributed by atoms with Gasteiger partial charge in [-0.15, -0.1) is 0 Å². The highest BCUT2D eigenvalue weighted by Crippen LogP contribution is 2.29. The third kappa shape index (κ3) is 2.70. The zero-order chi connectivity index (χ0) is 17.2. The summed E-state index contributed by atoms with van der Waals surface area (Å²) in [6.45, 7) is 0.577. The molecule has 0 saturated heterocycles. The topological polar surface area (TPSA) is 71.8 Å². The van der Waals surface area contributed by atoms with Crippen LogP contribution >= 0.6 is 0 Å². The smallest absolute Gasteiger partial charge is 0.185 e. The Hall–Kier alpha value is -3.65. The van der Waals surface area contributed by atoms with E-state index in [9.17, 15) is 4.79 Å². The van der Waals surface area contributed by atoms with Gasteiger partial charge in [-0.25, -0.2) is 0 Å². The molecule has 0 aliphatic heterocycles. The molecule has 0 aliphatic carbocycles. The van der Waals surface area contributed by atoms with Crippen LogP contribution in [0.25, 0.3) is 22.4 Å². The molecule has 0 N–H and O–H groups in total. The maximum Gasteiger partial charge on any atom is 0.185 e. The van der Waals surface area contributed by atoms with Crippen LogP contribution in [-0.2, 0) is 6.54 Å². The van der Waals surface area contributed by atoms with E-state index in [2.05, 4.69) is 11.2 Å². The Bertz CT molecular complexity index is 1100. The Morgan fingerprint density at radius 2 is 1.88 bits per heavy atom. The summed E-state index contributed by atoms with van der Waals surface area (Å²) in [6, 6.07) is 20.8. The van der Waals surface area contributed by atoms with Crippen LogP contribution in [0.5, 0.6) is 0 Å². The number of carbonyl (C=O) groups is 1. The molecule has 0 aliphatic rings. The van der Waals surface area contributed by atoms with Gasteiger partial charge in [-0.1, -0.05) is 30.3 Å². The summed E-state index contributed by atoms with van der Waals surface area (Å²) in [7, 11) is 0. The highest BCUT2D eigenvalue weighted by molar-refractivity contribution is 5.92. The van der Waals surface area contributed by atoms with Crippen molar-refractivity contribution in [2.45, 2.75) is 6.54 Å². The van der Waals surface area contributed by atoms with Crippen molar-refractivity contribution in [2.24, 2.45) is 0 Å². The lowest BCUT2D eigenvalue weighted by atomic mass is 10.1. The molecule has 120 valence electrons. The predicted octanol–water partition coefficient (Wildman–Crippen LogP) is 4.03. The largest absolute Gasteiger partial charge is 0.452 e. The Morgan fingerprint density at radius 3 is 2.60 bits per heavy atom. The number of nitriles is 1. The monoisotopic (exact) mass is 327 g/mol. The number of benzene rings is 2. The highest BCUT2D eigenvalue weighted by atomic mass is 16.3. The van der Waals surface area contributed by atoms with Gasteiger partial charge in [0.2, 0.25) is 0 Å². The number of aldehydes is 1. The fourth-order valence-electron chi connectivity index (χ4n) is 2.83. The first-order valence-corrected chi connectivity index (χ1v) is 7.78. The van der Waals surface area contributed by atoms with Gasteiger partial charge in [-0.2, -0.15) is 10.4 Å². The standard InChI is InChI=1S/C20H13N3O2/c21-11-14-5-7-15(8-6-14)12-23-18-4-2-1-3-17(18)20(22-23)19-10-9-16(13-24)25-19/h1-10,13H,12H2. The second kappa shape index (κ2) is 6.10. The Kier molecular flexibility index (Phi) is 3.64. The van der Waals surface area contributed by atoms with E-state index in [-0.39, 0.29) is 5.76 Å². The summed E-state index contributed by atoms with van der Waals surface area (Å²) in [5, 5.41) is 14.6. The van der Waals surface area contributed by atoms with Crippen LogP contribution in [0.2, 0.25) is 0 Å². The minimum absolute atomic E-state index is 0.278. The zero-order valence-corrected chi connectivity index (χ0v) is 13.2. The first kappa shape index (κ1) is 14.9. The van der Waals surface area contributed by atoms with Gasteiger partial charge in [-0.3, -0.25) is 9.48 Å². The van der Waals surface area contributed by atoms with Gasteiger partial charge in [-0.05, 0) is 35.9 Å². The third-order valence-electron chi connectivity index (χ3n) is 4.05. The maximum absolute atomic E-state index is 10.9. The van der Waals surface area contributed by atoms with Crippen molar-refractivity contribution in [3.63, 3.8) is 0 Å².